The Kier molecular flexibility index (Phi) is 5.35. The minimum absolute atomic E-state index is 0.123. The van der Waals surface area contributed by atoms with Crippen molar-refractivity contribution in [2.45, 2.75) is 38.8 Å². The monoisotopic (exact) mass is 422 g/mol. The van der Waals surface area contributed by atoms with Crippen LogP contribution in [-0.4, -0.2) is 77.2 Å². The highest BCUT2D eigenvalue weighted by molar-refractivity contribution is 6.04. The SMILES string of the molecule is CC(C)N1CCCN(c2ccc3c(n2)N(C(=O)Nc2ccncn2)[C@H]2CCN3C2)CC1. The molecule has 164 valence electrons. The van der Waals surface area contributed by atoms with Crippen LogP contribution >= 0.6 is 0 Å². The molecule has 1 atom stereocenters. The first-order valence-corrected chi connectivity index (χ1v) is 11.2. The van der Waals surface area contributed by atoms with Crippen molar-refractivity contribution in [3.05, 3.63) is 30.7 Å². The normalized spacial score (nSPS) is 21.3. The molecule has 0 saturated carbocycles. The van der Waals surface area contributed by atoms with Crippen LogP contribution < -0.4 is 20.0 Å². The predicted molar refractivity (Wildman–Crippen MR) is 122 cm³/mol. The summed E-state index contributed by atoms with van der Waals surface area (Å²) in [4.78, 5) is 35.4. The molecule has 0 aromatic carbocycles. The number of nitrogens with one attached hydrogen (secondary N) is 1. The molecule has 3 aliphatic rings. The third kappa shape index (κ3) is 3.89. The van der Waals surface area contributed by atoms with Gasteiger partial charge in [0, 0.05) is 51.5 Å². The van der Waals surface area contributed by atoms with Crippen molar-refractivity contribution < 1.29 is 4.79 Å². The van der Waals surface area contributed by atoms with Crippen molar-refractivity contribution in [1.82, 2.24) is 19.9 Å². The number of hydrogen-bond acceptors (Lipinski definition) is 7. The summed E-state index contributed by atoms with van der Waals surface area (Å²) >= 11 is 0. The maximum absolute atomic E-state index is 13.3. The Balaban J connectivity index is 1.42. The lowest BCUT2D eigenvalue weighted by Crippen LogP contribution is -2.48. The predicted octanol–water partition coefficient (Wildman–Crippen LogP) is 2.42. The maximum atomic E-state index is 13.3. The Bertz CT molecular complexity index is 936. The van der Waals surface area contributed by atoms with E-state index in [4.69, 9.17) is 4.98 Å². The molecule has 0 unspecified atom stereocenters. The first kappa shape index (κ1) is 20.0. The van der Waals surface area contributed by atoms with E-state index in [9.17, 15) is 4.79 Å². The highest BCUT2D eigenvalue weighted by Crippen LogP contribution is 2.40. The number of fused-ring (bicyclic) bond motifs is 4. The first-order chi connectivity index (χ1) is 15.1. The van der Waals surface area contributed by atoms with E-state index in [1.54, 1.807) is 12.3 Å². The van der Waals surface area contributed by atoms with Crippen molar-refractivity contribution in [1.29, 1.82) is 0 Å². The Morgan fingerprint density at radius 2 is 2.00 bits per heavy atom. The molecule has 2 fully saturated rings. The second-order valence-electron chi connectivity index (χ2n) is 8.77. The van der Waals surface area contributed by atoms with E-state index >= 15 is 0 Å². The summed E-state index contributed by atoms with van der Waals surface area (Å²) in [6.45, 7) is 10.4. The molecule has 2 aromatic rings. The molecular weight excluding hydrogens is 392 g/mol. The van der Waals surface area contributed by atoms with E-state index in [-0.39, 0.29) is 12.1 Å². The smallest absolute Gasteiger partial charge is 0.329 e. The number of aromatic nitrogens is 3. The number of hydrogen-bond donors (Lipinski definition) is 1. The second-order valence-corrected chi connectivity index (χ2v) is 8.77. The van der Waals surface area contributed by atoms with Crippen molar-refractivity contribution in [2.75, 3.05) is 59.3 Å². The van der Waals surface area contributed by atoms with Crippen molar-refractivity contribution in [3.63, 3.8) is 0 Å². The van der Waals surface area contributed by atoms with Crippen LogP contribution in [0.3, 0.4) is 0 Å². The highest BCUT2D eigenvalue weighted by Gasteiger charge is 2.40. The topological polar surface area (TPSA) is 80.7 Å². The fourth-order valence-corrected chi connectivity index (χ4v) is 4.85. The quantitative estimate of drug-likeness (QED) is 0.814. The van der Waals surface area contributed by atoms with Gasteiger partial charge >= 0.3 is 6.03 Å². The molecular formula is C22H30N8O. The number of pyridine rings is 1. The molecule has 0 radical (unpaired) electrons. The Hall–Kier alpha value is -2.94. The molecule has 9 nitrogen and oxygen atoms in total. The van der Waals surface area contributed by atoms with Gasteiger partial charge in [-0.05, 0) is 44.9 Å². The number of carbonyl (C=O) groups excluding carboxylic acids is 1. The molecule has 3 aliphatic heterocycles. The molecule has 2 bridgehead atoms. The van der Waals surface area contributed by atoms with E-state index in [2.05, 4.69) is 56.0 Å². The second kappa shape index (κ2) is 8.30. The number of carbonyl (C=O) groups is 1. The molecule has 2 saturated heterocycles. The molecule has 0 aliphatic carbocycles. The number of rotatable bonds is 3. The average Bonchev–Trinajstić information content (AvgIpc) is 3.02. The van der Waals surface area contributed by atoms with Crippen LogP contribution in [0.5, 0.6) is 0 Å². The zero-order chi connectivity index (χ0) is 21.4. The zero-order valence-electron chi connectivity index (χ0n) is 18.2. The summed E-state index contributed by atoms with van der Waals surface area (Å²) in [7, 11) is 0. The minimum atomic E-state index is -0.182. The molecule has 5 heterocycles. The van der Waals surface area contributed by atoms with Crippen molar-refractivity contribution >= 4 is 29.2 Å². The fourth-order valence-electron chi connectivity index (χ4n) is 4.85. The maximum Gasteiger partial charge on any atom is 0.329 e. The van der Waals surface area contributed by atoms with Gasteiger partial charge in [-0.3, -0.25) is 15.1 Å². The van der Waals surface area contributed by atoms with Gasteiger partial charge in [0.05, 0.1) is 11.7 Å². The lowest BCUT2D eigenvalue weighted by Gasteiger charge is -2.36. The molecule has 2 amide bonds. The van der Waals surface area contributed by atoms with Crippen LogP contribution in [0.25, 0.3) is 0 Å². The summed E-state index contributed by atoms with van der Waals surface area (Å²) in [6.07, 6.45) is 5.12. The third-order valence-corrected chi connectivity index (χ3v) is 6.56. The minimum Gasteiger partial charge on any atom is -0.366 e. The van der Waals surface area contributed by atoms with Crippen LogP contribution in [0.15, 0.2) is 30.7 Å². The van der Waals surface area contributed by atoms with E-state index in [1.807, 2.05) is 4.90 Å². The van der Waals surface area contributed by atoms with Gasteiger partial charge in [0.2, 0.25) is 0 Å². The van der Waals surface area contributed by atoms with Crippen LogP contribution in [0, 0.1) is 0 Å². The van der Waals surface area contributed by atoms with Crippen LogP contribution in [0.4, 0.5) is 27.9 Å². The summed E-state index contributed by atoms with van der Waals surface area (Å²) in [5.74, 6) is 2.20. The van der Waals surface area contributed by atoms with Gasteiger partial charge in [-0.1, -0.05) is 0 Å². The lowest BCUT2D eigenvalue weighted by atomic mass is 10.2. The van der Waals surface area contributed by atoms with Gasteiger partial charge < -0.3 is 9.80 Å². The molecule has 31 heavy (non-hydrogen) atoms. The van der Waals surface area contributed by atoms with E-state index in [0.29, 0.717) is 11.9 Å². The zero-order valence-corrected chi connectivity index (χ0v) is 18.2. The Morgan fingerprint density at radius 1 is 1.10 bits per heavy atom. The van der Waals surface area contributed by atoms with Crippen LogP contribution in [-0.2, 0) is 0 Å². The van der Waals surface area contributed by atoms with Gasteiger partial charge in [0.1, 0.15) is 18.0 Å². The molecule has 0 spiro atoms. The summed E-state index contributed by atoms with van der Waals surface area (Å²) in [5, 5.41) is 2.92. The summed E-state index contributed by atoms with van der Waals surface area (Å²) < 4.78 is 0. The fraction of sp³-hybridized carbons (Fsp3) is 0.545. The van der Waals surface area contributed by atoms with Gasteiger partial charge in [-0.15, -0.1) is 0 Å². The number of nitrogens with zero attached hydrogens (tertiary/aromatic N) is 7. The van der Waals surface area contributed by atoms with Gasteiger partial charge in [0.15, 0.2) is 5.82 Å². The van der Waals surface area contributed by atoms with Crippen LogP contribution in [0.1, 0.15) is 26.7 Å². The van der Waals surface area contributed by atoms with Crippen molar-refractivity contribution in [2.24, 2.45) is 0 Å². The first-order valence-electron chi connectivity index (χ1n) is 11.2. The lowest BCUT2D eigenvalue weighted by molar-refractivity contribution is 0.238. The van der Waals surface area contributed by atoms with Crippen molar-refractivity contribution in [3.8, 4) is 0 Å². The molecule has 9 heteroatoms. The van der Waals surface area contributed by atoms with Gasteiger partial charge in [-0.2, -0.15) is 0 Å². The van der Waals surface area contributed by atoms with E-state index in [1.165, 1.54) is 6.33 Å². The molecule has 5 rings (SSSR count). The van der Waals surface area contributed by atoms with E-state index < -0.39 is 0 Å². The number of amides is 2. The van der Waals surface area contributed by atoms with E-state index in [0.717, 1.165) is 69.4 Å². The Labute approximate surface area is 183 Å². The van der Waals surface area contributed by atoms with Gasteiger partial charge in [0.25, 0.3) is 0 Å². The molecule has 2 aromatic heterocycles. The largest absolute Gasteiger partial charge is 0.366 e. The summed E-state index contributed by atoms with van der Waals surface area (Å²) in [6, 6.07) is 6.44. The number of urea groups is 1. The standard InChI is InChI=1S/C22H30N8O/c1-16(2)27-9-3-10-28(13-12-27)20-5-4-18-21(26-20)30(17-7-11-29(18)14-17)22(31)25-19-6-8-23-15-24-19/h4-6,8,15-17H,3,7,9-14H2,1-2H3,(H,23,24,25,31)/t17-/m0/s1. The van der Waals surface area contributed by atoms with Crippen LogP contribution in [0.2, 0.25) is 0 Å². The highest BCUT2D eigenvalue weighted by atomic mass is 16.2. The Morgan fingerprint density at radius 3 is 2.81 bits per heavy atom. The number of anilines is 4. The summed E-state index contributed by atoms with van der Waals surface area (Å²) in [5.41, 5.74) is 1.04. The van der Waals surface area contributed by atoms with Gasteiger partial charge in [-0.25, -0.2) is 19.7 Å². The molecule has 1 N–H and O–H groups in total. The average molecular weight is 423 g/mol. The third-order valence-electron chi connectivity index (χ3n) is 6.56.